The summed E-state index contributed by atoms with van der Waals surface area (Å²) in [7, 11) is -1.67. The van der Waals surface area contributed by atoms with E-state index in [0.29, 0.717) is 38.0 Å². The first-order chi connectivity index (χ1) is 23.3. The summed E-state index contributed by atoms with van der Waals surface area (Å²) in [6.07, 6.45) is 3.18. The molecule has 2 aromatic rings. The summed E-state index contributed by atoms with van der Waals surface area (Å²) in [5.74, 6) is -0.298. The Labute approximate surface area is 290 Å². The van der Waals surface area contributed by atoms with Gasteiger partial charge in [-0.2, -0.15) is 0 Å². The maximum absolute atomic E-state index is 12.4. The quantitative estimate of drug-likeness (QED) is 0.104. The van der Waals surface area contributed by atoms with Gasteiger partial charge in [-0.1, -0.05) is 75.4 Å². The van der Waals surface area contributed by atoms with Crippen LogP contribution in [0.3, 0.4) is 0 Å². The van der Waals surface area contributed by atoms with Gasteiger partial charge in [-0.25, -0.2) is 4.79 Å². The fourth-order valence-corrected chi connectivity index (χ4v) is 5.45. The molecule has 0 aromatic heterocycles. The molecule has 4 rings (SSSR count). The molecule has 2 aromatic carbocycles. The van der Waals surface area contributed by atoms with E-state index >= 15 is 0 Å². The Morgan fingerprint density at radius 1 is 1.00 bits per heavy atom. The Balaban J connectivity index is 0.000000322. The topological polar surface area (TPSA) is 152 Å². The van der Waals surface area contributed by atoms with Crippen molar-refractivity contribution in [3.63, 3.8) is 0 Å². The molecule has 272 valence electrons. The second-order valence-electron chi connectivity index (χ2n) is 11.6. The zero-order chi connectivity index (χ0) is 36.2. The van der Waals surface area contributed by atoms with E-state index in [4.69, 9.17) is 26.8 Å². The molecule has 0 saturated carbocycles. The number of carbonyl (C=O) groups is 3. The predicted octanol–water partition coefficient (Wildman–Crippen LogP) is 5.06. The van der Waals surface area contributed by atoms with Gasteiger partial charge >= 0.3 is 19.6 Å². The highest BCUT2D eigenvalue weighted by atomic mass is 35.5. The summed E-state index contributed by atoms with van der Waals surface area (Å²) < 4.78 is 40.6. The largest absolute Gasteiger partial charge is 0.573 e. The maximum atomic E-state index is 12.4. The van der Waals surface area contributed by atoms with Gasteiger partial charge in [-0.15, -0.1) is 24.8 Å². The van der Waals surface area contributed by atoms with Crippen molar-refractivity contribution in [1.82, 2.24) is 20.4 Å². The smallest absolute Gasteiger partial charge is 0.465 e. The zero-order valence-electron chi connectivity index (χ0n) is 27.8. The number of nitrogens with one attached hydrogen (secondary N) is 2. The number of rotatable bonds is 14. The fourth-order valence-electron chi connectivity index (χ4n) is 5.26. The first-order valence-corrected chi connectivity index (χ1v) is 17.0. The molecule has 16 heteroatoms. The molecule has 0 spiro atoms. The number of hydrogen-bond donors (Lipinski definition) is 5. The molecular formula is C33H47BClF3N4O7. The standard InChI is InChI=1S/C16H21BF3N3O5.C9H9NO2.C8H17Cl/c18-16(19,20)28-12-4-1-3-11(7-12)8-21-9-14(24)23-6-2-5-13(23)15(25)22-10-17(26)27;11-9(12)10-5-7-3-1-2-4-8(7)6-10;1-2-3-4-5-6-7-8-9/h1,3-4,7,13,21,26-27H,2,5-6,8-10H2,(H,22,25);1-4H,5-6H2,(H,11,12);2-8H2,1H3. The van der Waals surface area contributed by atoms with Crippen LogP contribution < -0.4 is 15.4 Å². The number of alkyl halides is 4. The van der Waals surface area contributed by atoms with E-state index in [0.717, 1.165) is 17.0 Å². The highest BCUT2D eigenvalue weighted by Gasteiger charge is 2.34. The number of hydrogen-bond acceptors (Lipinski definition) is 7. The molecule has 1 atom stereocenters. The molecule has 5 N–H and O–H groups in total. The lowest BCUT2D eigenvalue weighted by atomic mass is 9.92. The number of carbonyl (C=O) groups excluding carboxylic acids is 2. The third kappa shape index (κ3) is 16.6. The van der Waals surface area contributed by atoms with Crippen molar-refractivity contribution in [3.8, 4) is 5.75 Å². The summed E-state index contributed by atoms with van der Waals surface area (Å²) in [5, 5.41) is 31.5. The maximum Gasteiger partial charge on any atom is 0.573 e. The van der Waals surface area contributed by atoms with Crippen LogP contribution in [0, 0.1) is 0 Å². The van der Waals surface area contributed by atoms with Crippen molar-refractivity contribution >= 4 is 36.6 Å². The summed E-state index contributed by atoms with van der Waals surface area (Å²) in [4.78, 5) is 37.8. The minimum Gasteiger partial charge on any atom is -0.465 e. The first kappa shape index (κ1) is 41.6. The summed E-state index contributed by atoms with van der Waals surface area (Å²) in [6, 6.07) is 12.5. The Morgan fingerprint density at radius 3 is 2.24 bits per heavy atom. The van der Waals surface area contributed by atoms with Crippen LogP contribution in [0.5, 0.6) is 5.75 Å². The highest BCUT2D eigenvalue weighted by Crippen LogP contribution is 2.24. The van der Waals surface area contributed by atoms with Gasteiger partial charge in [0.05, 0.1) is 13.0 Å². The van der Waals surface area contributed by atoms with Crippen LogP contribution in [0.1, 0.15) is 75.0 Å². The average Bonchev–Trinajstić information content (AvgIpc) is 3.72. The molecule has 49 heavy (non-hydrogen) atoms. The third-order valence-electron chi connectivity index (χ3n) is 7.67. The minimum atomic E-state index is -4.78. The Bertz CT molecular complexity index is 1280. The molecule has 0 aliphatic carbocycles. The van der Waals surface area contributed by atoms with Crippen molar-refractivity contribution in [2.24, 2.45) is 0 Å². The predicted molar refractivity (Wildman–Crippen MR) is 181 cm³/mol. The van der Waals surface area contributed by atoms with Crippen LogP contribution in [0.15, 0.2) is 48.5 Å². The molecule has 0 bridgehead atoms. The van der Waals surface area contributed by atoms with Gasteiger partial charge < -0.3 is 35.4 Å². The summed E-state index contributed by atoms with van der Waals surface area (Å²) in [5.41, 5.74) is 2.75. The van der Waals surface area contributed by atoms with Crippen molar-refractivity contribution in [1.29, 1.82) is 0 Å². The molecule has 2 aliphatic rings. The van der Waals surface area contributed by atoms with E-state index in [1.54, 1.807) is 6.07 Å². The molecule has 1 unspecified atom stereocenters. The van der Waals surface area contributed by atoms with E-state index in [1.807, 2.05) is 24.3 Å². The van der Waals surface area contributed by atoms with Crippen LogP contribution in [0.2, 0.25) is 0 Å². The third-order valence-corrected chi connectivity index (χ3v) is 7.94. The Morgan fingerprint density at radius 2 is 1.65 bits per heavy atom. The molecule has 3 amide bonds. The van der Waals surface area contributed by atoms with Gasteiger partial charge in [0, 0.05) is 32.1 Å². The van der Waals surface area contributed by atoms with Crippen molar-refractivity contribution < 1.29 is 47.4 Å². The van der Waals surface area contributed by atoms with E-state index in [2.05, 4.69) is 22.3 Å². The van der Waals surface area contributed by atoms with Gasteiger partial charge in [0.15, 0.2) is 0 Å². The second-order valence-corrected chi connectivity index (χ2v) is 12.0. The van der Waals surface area contributed by atoms with Crippen LogP contribution >= 0.6 is 11.6 Å². The number of benzene rings is 2. The first-order valence-electron chi connectivity index (χ1n) is 16.4. The van der Waals surface area contributed by atoms with Crippen molar-refractivity contribution in [3.05, 3.63) is 65.2 Å². The van der Waals surface area contributed by atoms with E-state index in [-0.39, 0.29) is 31.2 Å². The number of nitrogens with zero attached hydrogens (tertiary/aromatic N) is 2. The molecule has 2 aliphatic heterocycles. The number of likely N-dealkylation sites (tertiary alicyclic amines) is 1. The molecular weight excluding hydrogens is 668 g/mol. The van der Waals surface area contributed by atoms with E-state index in [1.165, 1.54) is 66.5 Å². The van der Waals surface area contributed by atoms with Gasteiger partial charge in [-0.05, 0) is 48.1 Å². The van der Waals surface area contributed by atoms with Gasteiger partial charge in [0.25, 0.3) is 0 Å². The highest BCUT2D eigenvalue weighted by molar-refractivity contribution is 6.41. The molecule has 1 fully saturated rings. The van der Waals surface area contributed by atoms with Gasteiger partial charge in [-0.3, -0.25) is 14.5 Å². The van der Waals surface area contributed by atoms with E-state index in [9.17, 15) is 27.6 Å². The number of amides is 3. The number of unbranched alkanes of at least 4 members (excludes halogenated alkanes) is 5. The van der Waals surface area contributed by atoms with Crippen LogP contribution in [-0.4, -0.2) is 87.8 Å². The lowest BCUT2D eigenvalue weighted by molar-refractivity contribution is -0.274. The van der Waals surface area contributed by atoms with Crippen molar-refractivity contribution in [2.75, 3.05) is 25.4 Å². The minimum absolute atomic E-state index is 0.100. The molecule has 11 nitrogen and oxygen atoms in total. The monoisotopic (exact) mass is 714 g/mol. The lowest BCUT2D eigenvalue weighted by Crippen LogP contribution is -2.50. The van der Waals surface area contributed by atoms with Crippen LogP contribution in [-0.2, 0) is 29.2 Å². The normalized spacial score (nSPS) is 15.0. The molecule has 0 radical (unpaired) electrons. The second kappa shape index (κ2) is 22.2. The number of fused-ring (bicyclic) bond motifs is 1. The van der Waals surface area contributed by atoms with Crippen molar-refractivity contribution in [2.45, 2.75) is 90.3 Å². The Kier molecular flexibility index (Phi) is 18.9. The van der Waals surface area contributed by atoms with Gasteiger partial charge in [0.1, 0.15) is 11.8 Å². The zero-order valence-corrected chi connectivity index (χ0v) is 28.5. The van der Waals surface area contributed by atoms with E-state index < -0.39 is 31.5 Å². The fraction of sp³-hybridized carbons (Fsp3) is 0.545. The SMILES string of the molecule is CCCCCCCCCl.O=C(NCB(O)O)C1CCCN1C(=O)CNCc1cccc(OC(F)(F)F)c1.O=C(O)N1Cc2ccccc2C1. The number of carboxylic acid groups (broad SMARTS) is 1. The van der Waals surface area contributed by atoms with Crippen LogP contribution in [0.4, 0.5) is 18.0 Å². The molecule has 2 heterocycles. The number of ether oxygens (including phenoxy) is 1. The van der Waals surface area contributed by atoms with Gasteiger partial charge in [0.2, 0.25) is 11.8 Å². The molecule has 1 saturated heterocycles. The average molecular weight is 715 g/mol. The van der Waals surface area contributed by atoms with Crippen LogP contribution in [0.25, 0.3) is 0 Å². The summed E-state index contributed by atoms with van der Waals surface area (Å²) >= 11 is 5.51. The summed E-state index contributed by atoms with van der Waals surface area (Å²) in [6.45, 7) is 3.74. The lowest BCUT2D eigenvalue weighted by Gasteiger charge is -2.24. The number of halogens is 4. The Hall–Kier alpha value is -3.53.